The predicted octanol–water partition coefficient (Wildman–Crippen LogP) is 0.789. The van der Waals surface area contributed by atoms with Gasteiger partial charge in [0.2, 0.25) is 0 Å². The van der Waals surface area contributed by atoms with Crippen LogP contribution in [0, 0.1) is 0 Å². The Labute approximate surface area is 111 Å². The summed E-state index contributed by atoms with van der Waals surface area (Å²) in [6.07, 6.45) is 5.34. The molecule has 0 amide bonds. The van der Waals surface area contributed by atoms with E-state index in [1.165, 1.54) is 4.31 Å². The van der Waals surface area contributed by atoms with E-state index in [0.29, 0.717) is 19.1 Å². The van der Waals surface area contributed by atoms with Gasteiger partial charge in [-0.05, 0) is 39.2 Å². The number of rotatable bonds is 4. The van der Waals surface area contributed by atoms with Crippen LogP contribution < -0.4 is 5.32 Å². The first-order valence-corrected chi connectivity index (χ1v) is 8.38. The zero-order valence-corrected chi connectivity index (χ0v) is 12.2. The Morgan fingerprint density at radius 1 is 1.28 bits per heavy atom. The van der Waals surface area contributed by atoms with Gasteiger partial charge in [0.15, 0.2) is 0 Å². The fraction of sp³-hybridized carbons (Fsp3) is 1.00. The average molecular weight is 275 g/mol. The van der Waals surface area contributed by atoms with Crippen LogP contribution in [-0.2, 0) is 10.2 Å². The molecule has 2 heterocycles. The van der Waals surface area contributed by atoms with E-state index in [-0.39, 0.29) is 6.04 Å². The molecule has 2 saturated heterocycles. The molecule has 0 spiro atoms. The molecule has 2 aliphatic heterocycles. The Morgan fingerprint density at radius 2 is 2.06 bits per heavy atom. The zero-order valence-electron chi connectivity index (χ0n) is 11.4. The highest BCUT2D eigenvalue weighted by atomic mass is 32.2. The molecule has 0 aromatic rings. The average Bonchev–Trinajstić information content (AvgIpc) is 2.82. The van der Waals surface area contributed by atoms with Crippen LogP contribution in [0.1, 0.15) is 39.0 Å². The van der Waals surface area contributed by atoms with E-state index in [1.807, 2.05) is 6.92 Å². The molecule has 2 atom stereocenters. The van der Waals surface area contributed by atoms with Crippen molar-refractivity contribution in [3.05, 3.63) is 0 Å². The van der Waals surface area contributed by atoms with Gasteiger partial charge in [-0.25, -0.2) is 0 Å². The highest BCUT2D eigenvalue weighted by Crippen LogP contribution is 2.22. The fourth-order valence-corrected chi connectivity index (χ4v) is 4.56. The highest BCUT2D eigenvalue weighted by molar-refractivity contribution is 7.86. The van der Waals surface area contributed by atoms with E-state index in [0.717, 1.165) is 38.6 Å². The number of piperidine rings is 1. The molecule has 6 heteroatoms. The van der Waals surface area contributed by atoms with Crippen molar-refractivity contribution in [1.29, 1.82) is 0 Å². The molecule has 0 radical (unpaired) electrons. The summed E-state index contributed by atoms with van der Waals surface area (Å²) in [6.45, 7) is 4.29. The van der Waals surface area contributed by atoms with Crippen molar-refractivity contribution in [2.24, 2.45) is 0 Å². The second kappa shape index (κ2) is 5.86. The predicted molar refractivity (Wildman–Crippen MR) is 72.6 cm³/mol. The van der Waals surface area contributed by atoms with Gasteiger partial charge in [0, 0.05) is 32.2 Å². The van der Waals surface area contributed by atoms with Crippen LogP contribution in [0.5, 0.6) is 0 Å². The molecule has 0 saturated carbocycles. The molecule has 2 rings (SSSR count). The first-order chi connectivity index (χ1) is 8.51. The molecule has 2 unspecified atom stereocenters. The molecule has 106 valence electrons. The number of hydrogen-bond donors (Lipinski definition) is 1. The SMILES string of the molecule is CC1CCCCN1S(=O)(=O)N(C)CC1CCCN1. The summed E-state index contributed by atoms with van der Waals surface area (Å²) in [5.41, 5.74) is 0. The Morgan fingerprint density at radius 3 is 2.67 bits per heavy atom. The van der Waals surface area contributed by atoms with E-state index in [1.54, 1.807) is 11.4 Å². The van der Waals surface area contributed by atoms with Crippen LogP contribution in [0.3, 0.4) is 0 Å². The van der Waals surface area contributed by atoms with Gasteiger partial charge in [-0.3, -0.25) is 0 Å². The summed E-state index contributed by atoms with van der Waals surface area (Å²) in [6, 6.07) is 0.465. The molecule has 18 heavy (non-hydrogen) atoms. The Balaban J connectivity index is 1.99. The summed E-state index contributed by atoms with van der Waals surface area (Å²) < 4.78 is 28.2. The smallest absolute Gasteiger partial charge is 0.282 e. The maximum absolute atomic E-state index is 12.5. The minimum absolute atomic E-state index is 0.141. The van der Waals surface area contributed by atoms with Crippen LogP contribution >= 0.6 is 0 Å². The number of nitrogens with zero attached hydrogens (tertiary/aromatic N) is 2. The first-order valence-electron chi connectivity index (χ1n) is 6.98. The van der Waals surface area contributed by atoms with E-state index in [9.17, 15) is 8.42 Å². The molecule has 1 N–H and O–H groups in total. The van der Waals surface area contributed by atoms with Crippen LogP contribution in [0.2, 0.25) is 0 Å². The largest absolute Gasteiger partial charge is 0.313 e. The zero-order chi connectivity index (χ0) is 13.2. The van der Waals surface area contributed by atoms with Gasteiger partial charge in [0.1, 0.15) is 0 Å². The topological polar surface area (TPSA) is 52.7 Å². The van der Waals surface area contributed by atoms with Crippen molar-refractivity contribution in [2.75, 3.05) is 26.7 Å². The van der Waals surface area contributed by atoms with Crippen molar-refractivity contribution in [3.8, 4) is 0 Å². The van der Waals surface area contributed by atoms with Crippen molar-refractivity contribution < 1.29 is 8.42 Å². The van der Waals surface area contributed by atoms with Gasteiger partial charge in [-0.2, -0.15) is 17.0 Å². The normalized spacial score (nSPS) is 31.1. The van der Waals surface area contributed by atoms with Gasteiger partial charge in [0.25, 0.3) is 10.2 Å². The molecular weight excluding hydrogens is 250 g/mol. The maximum Gasteiger partial charge on any atom is 0.282 e. The molecule has 2 aliphatic rings. The lowest BCUT2D eigenvalue weighted by molar-refractivity contribution is 0.247. The number of nitrogens with one attached hydrogen (secondary N) is 1. The summed E-state index contributed by atoms with van der Waals surface area (Å²) in [5.74, 6) is 0. The van der Waals surface area contributed by atoms with Crippen molar-refractivity contribution in [3.63, 3.8) is 0 Å². The summed E-state index contributed by atoms with van der Waals surface area (Å²) in [5, 5.41) is 3.35. The molecule has 0 aliphatic carbocycles. The van der Waals surface area contributed by atoms with Gasteiger partial charge in [0.05, 0.1) is 0 Å². The Kier molecular flexibility index (Phi) is 4.64. The molecular formula is C12H25N3O2S. The van der Waals surface area contributed by atoms with E-state index in [2.05, 4.69) is 5.32 Å². The molecule has 0 bridgehead atoms. The standard InChI is InChI=1S/C12H25N3O2S/c1-11-6-3-4-9-15(11)18(16,17)14(2)10-12-7-5-8-13-12/h11-13H,3-10H2,1-2H3. The Hall–Kier alpha value is -0.170. The lowest BCUT2D eigenvalue weighted by Crippen LogP contribution is -2.50. The highest BCUT2D eigenvalue weighted by Gasteiger charge is 2.33. The molecule has 0 aromatic heterocycles. The minimum Gasteiger partial charge on any atom is -0.313 e. The Bertz CT molecular complexity index is 366. The third kappa shape index (κ3) is 3.04. The third-order valence-electron chi connectivity index (χ3n) is 4.07. The van der Waals surface area contributed by atoms with Crippen molar-refractivity contribution >= 4 is 10.2 Å². The molecule has 2 fully saturated rings. The monoisotopic (exact) mass is 275 g/mol. The summed E-state index contributed by atoms with van der Waals surface area (Å²) >= 11 is 0. The van der Waals surface area contributed by atoms with Crippen molar-refractivity contribution in [2.45, 2.75) is 51.1 Å². The quantitative estimate of drug-likeness (QED) is 0.825. The van der Waals surface area contributed by atoms with Gasteiger partial charge in [-0.1, -0.05) is 6.42 Å². The molecule has 5 nitrogen and oxygen atoms in total. The van der Waals surface area contributed by atoms with E-state index in [4.69, 9.17) is 0 Å². The minimum atomic E-state index is -3.27. The fourth-order valence-electron chi connectivity index (χ4n) is 2.91. The van der Waals surface area contributed by atoms with Crippen molar-refractivity contribution in [1.82, 2.24) is 13.9 Å². The molecule has 0 aromatic carbocycles. The lowest BCUT2D eigenvalue weighted by Gasteiger charge is -2.35. The van der Waals surface area contributed by atoms with Crippen LogP contribution in [0.15, 0.2) is 0 Å². The summed E-state index contributed by atoms with van der Waals surface area (Å²) in [7, 11) is -1.57. The van der Waals surface area contributed by atoms with E-state index < -0.39 is 10.2 Å². The van der Waals surface area contributed by atoms with Gasteiger partial charge in [-0.15, -0.1) is 0 Å². The van der Waals surface area contributed by atoms with Crippen LogP contribution in [0.25, 0.3) is 0 Å². The second-order valence-corrected chi connectivity index (χ2v) is 7.53. The maximum atomic E-state index is 12.5. The third-order valence-corrected chi connectivity index (χ3v) is 6.14. The van der Waals surface area contributed by atoms with Crippen LogP contribution in [0.4, 0.5) is 0 Å². The van der Waals surface area contributed by atoms with Gasteiger partial charge >= 0.3 is 0 Å². The van der Waals surface area contributed by atoms with E-state index >= 15 is 0 Å². The van der Waals surface area contributed by atoms with Gasteiger partial charge < -0.3 is 5.32 Å². The second-order valence-electron chi connectivity index (χ2n) is 5.54. The first kappa shape index (κ1) is 14.2. The van der Waals surface area contributed by atoms with Crippen LogP contribution in [-0.4, -0.2) is 55.8 Å². The lowest BCUT2D eigenvalue weighted by atomic mass is 10.1. The number of likely N-dealkylation sites (N-methyl/N-ethyl adjacent to an activating group) is 1. The summed E-state index contributed by atoms with van der Waals surface area (Å²) in [4.78, 5) is 0. The number of hydrogen-bond acceptors (Lipinski definition) is 3.